The molecule has 0 saturated carbocycles. The molecule has 1 heterocycles. The van der Waals surface area contributed by atoms with Crippen molar-refractivity contribution in [2.75, 3.05) is 7.11 Å². The first kappa shape index (κ1) is 8.34. The molecular formula is C9H15NO. The van der Waals surface area contributed by atoms with Crippen molar-refractivity contribution in [3.8, 4) is 0 Å². The van der Waals surface area contributed by atoms with Crippen LogP contribution in [0.15, 0.2) is 6.20 Å². The average molecular weight is 153 g/mol. The molecule has 1 rings (SSSR count). The maximum absolute atomic E-state index is 5.05. The van der Waals surface area contributed by atoms with Gasteiger partial charge in [0.15, 0.2) is 0 Å². The minimum absolute atomic E-state index is 0.691. The minimum Gasteiger partial charge on any atom is -0.378 e. The van der Waals surface area contributed by atoms with Crippen molar-refractivity contribution in [1.82, 2.24) is 4.98 Å². The van der Waals surface area contributed by atoms with Crippen LogP contribution < -0.4 is 0 Å². The average Bonchev–Trinajstić information content (AvgIpc) is 2.33. The zero-order valence-corrected chi connectivity index (χ0v) is 7.40. The molecule has 0 aliphatic rings. The summed E-state index contributed by atoms with van der Waals surface area (Å²) in [5.41, 5.74) is 3.94. The van der Waals surface area contributed by atoms with Gasteiger partial charge in [-0.05, 0) is 24.5 Å². The van der Waals surface area contributed by atoms with E-state index >= 15 is 0 Å². The maximum atomic E-state index is 5.05. The van der Waals surface area contributed by atoms with Crippen LogP contribution in [-0.2, 0) is 17.8 Å². The van der Waals surface area contributed by atoms with E-state index in [-0.39, 0.29) is 0 Å². The monoisotopic (exact) mass is 153 g/mol. The van der Waals surface area contributed by atoms with Crippen LogP contribution in [0.1, 0.15) is 23.7 Å². The second-order valence-corrected chi connectivity index (χ2v) is 2.72. The molecule has 1 aromatic rings. The number of hydrogen-bond acceptors (Lipinski definition) is 1. The molecule has 0 fully saturated rings. The van der Waals surface area contributed by atoms with E-state index in [0.29, 0.717) is 6.61 Å². The van der Waals surface area contributed by atoms with Gasteiger partial charge in [0.05, 0.1) is 6.61 Å². The molecule has 1 N–H and O–H groups in total. The van der Waals surface area contributed by atoms with Crippen molar-refractivity contribution < 1.29 is 4.74 Å². The number of rotatable bonds is 3. The van der Waals surface area contributed by atoms with E-state index in [1.165, 1.54) is 16.8 Å². The normalized spacial score (nSPS) is 10.5. The maximum Gasteiger partial charge on any atom is 0.0864 e. The van der Waals surface area contributed by atoms with Crippen LogP contribution in [0.4, 0.5) is 0 Å². The van der Waals surface area contributed by atoms with Gasteiger partial charge in [-0.3, -0.25) is 0 Å². The van der Waals surface area contributed by atoms with Crippen molar-refractivity contribution in [1.29, 1.82) is 0 Å². The van der Waals surface area contributed by atoms with Gasteiger partial charge in [-0.1, -0.05) is 6.92 Å². The predicted octanol–water partition coefficient (Wildman–Crippen LogP) is 2.03. The molecule has 2 nitrogen and oxygen atoms in total. The summed E-state index contributed by atoms with van der Waals surface area (Å²) in [6.07, 6.45) is 3.11. The lowest BCUT2D eigenvalue weighted by atomic mass is 10.1. The topological polar surface area (TPSA) is 25.0 Å². The van der Waals surface area contributed by atoms with Crippen molar-refractivity contribution in [3.05, 3.63) is 23.0 Å². The van der Waals surface area contributed by atoms with Crippen LogP contribution >= 0.6 is 0 Å². The molecule has 0 aliphatic carbocycles. The highest BCUT2D eigenvalue weighted by Crippen LogP contribution is 2.14. The lowest BCUT2D eigenvalue weighted by Crippen LogP contribution is -1.92. The molecule has 0 spiro atoms. The van der Waals surface area contributed by atoms with Gasteiger partial charge in [0.1, 0.15) is 0 Å². The summed E-state index contributed by atoms with van der Waals surface area (Å²) in [5, 5.41) is 0. The Balaban J connectivity index is 2.86. The van der Waals surface area contributed by atoms with Gasteiger partial charge >= 0.3 is 0 Å². The molecule has 0 radical (unpaired) electrons. The molecular weight excluding hydrogens is 138 g/mol. The first-order valence-electron chi connectivity index (χ1n) is 3.94. The van der Waals surface area contributed by atoms with Crippen LogP contribution in [0.3, 0.4) is 0 Å². The summed E-state index contributed by atoms with van der Waals surface area (Å²) in [7, 11) is 1.72. The quantitative estimate of drug-likeness (QED) is 0.706. The van der Waals surface area contributed by atoms with Crippen molar-refractivity contribution in [2.45, 2.75) is 26.9 Å². The minimum atomic E-state index is 0.691. The molecule has 0 atom stereocenters. The van der Waals surface area contributed by atoms with Gasteiger partial charge < -0.3 is 9.72 Å². The molecule has 0 unspecified atom stereocenters. The number of nitrogens with one attached hydrogen (secondary N) is 1. The van der Waals surface area contributed by atoms with E-state index in [4.69, 9.17) is 4.74 Å². The van der Waals surface area contributed by atoms with Gasteiger partial charge in [0.25, 0.3) is 0 Å². The van der Waals surface area contributed by atoms with Crippen LogP contribution in [0.2, 0.25) is 0 Å². The Morgan fingerprint density at radius 2 is 2.27 bits per heavy atom. The van der Waals surface area contributed by atoms with Gasteiger partial charge in [-0.15, -0.1) is 0 Å². The highest BCUT2D eigenvalue weighted by atomic mass is 16.5. The third kappa shape index (κ3) is 1.63. The van der Waals surface area contributed by atoms with E-state index in [1.807, 2.05) is 6.20 Å². The third-order valence-electron chi connectivity index (χ3n) is 1.95. The first-order valence-corrected chi connectivity index (χ1v) is 3.94. The summed E-state index contributed by atoms with van der Waals surface area (Å²) in [5.74, 6) is 0. The fourth-order valence-corrected chi connectivity index (χ4v) is 1.37. The molecule has 0 saturated heterocycles. The largest absolute Gasteiger partial charge is 0.378 e. The van der Waals surface area contributed by atoms with Crippen LogP contribution in [0.25, 0.3) is 0 Å². The standard InChI is InChI=1S/C9H15NO/c1-4-8-7(2)5-10-9(8)6-11-3/h5,10H,4,6H2,1-3H3. The van der Waals surface area contributed by atoms with Gasteiger partial charge in [0.2, 0.25) is 0 Å². The Kier molecular flexibility index (Phi) is 2.71. The predicted molar refractivity (Wildman–Crippen MR) is 45.6 cm³/mol. The number of H-pyrrole nitrogens is 1. The molecule has 0 aliphatic heterocycles. The van der Waals surface area contributed by atoms with Gasteiger partial charge in [-0.25, -0.2) is 0 Å². The number of aryl methyl sites for hydroxylation is 1. The molecule has 0 aromatic carbocycles. The molecule has 0 amide bonds. The lowest BCUT2D eigenvalue weighted by Gasteiger charge is -2.00. The zero-order chi connectivity index (χ0) is 8.27. The highest BCUT2D eigenvalue weighted by Gasteiger charge is 2.04. The number of aromatic nitrogens is 1. The fraction of sp³-hybridized carbons (Fsp3) is 0.556. The van der Waals surface area contributed by atoms with Crippen LogP contribution in [-0.4, -0.2) is 12.1 Å². The SMILES string of the molecule is CCc1c(C)c[nH]c1COC. The smallest absolute Gasteiger partial charge is 0.0864 e. The summed E-state index contributed by atoms with van der Waals surface area (Å²) in [6, 6.07) is 0. The summed E-state index contributed by atoms with van der Waals surface area (Å²) in [4.78, 5) is 3.20. The number of methoxy groups -OCH3 is 1. The zero-order valence-electron chi connectivity index (χ0n) is 7.40. The first-order chi connectivity index (χ1) is 5.29. The second kappa shape index (κ2) is 3.58. The van der Waals surface area contributed by atoms with E-state index in [2.05, 4.69) is 18.8 Å². The summed E-state index contributed by atoms with van der Waals surface area (Å²) >= 11 is 0. The van der Waals surface area contributed by atoms with Crippen molar-refractivity contribution in [2.24, 2.45) is 0 Å². The van der Waals surface area contributed by atoms with E-state index in [0.717, 1.165) is 6.42 Å². The van der Waals surface area contributed by atoms with Gasteiger partial charge in [0, 0.05) is 19.0 Å². The summed E-state index contributed by atoms with van der Waals surface area (Å²) < 4.78 is 5.05. The number of aromatic amines is 1. The Morgan fingerprint density at radius 3 is 2.82 bits per heavy atom. The molecule has 1 aromatic heterocycles. The highest BCUT2D eigenvalue weighted by molar-refractivity contribution is 5.29. The molecule has 11 heavy (non-hydrogen) atoms. The van der Waals surface area contributed by atoms with Crippen LogP contribution in [0, 0.1) is 6.92 Å². The van der Waals surface area contributed by atoms with Crippen molar-refractivity contribution >= 4 is 0 Å². The Bertz CT molecular complexity index is 227. The fourth-order valence-electron chi connectivity index (χ4n) is 1.37. The molecule has 2 heteroatoms. The lowest BCUT2D eigenvalue weighted by molar-refractivity contribution is 0.181. The Labute approximate surface area is 67.6 Å². The molecule has 62 valence electrons. The van der Waals surface area contributed by atoms with E-state index < -0.39 is 0 Å². The second-order valence-electron chi connectivity index (χ2n) is 2.72. The summed E-state index contributed by atoms with van der Waals surface area (Å²) in [6.45, 7) is 4.97. The number of hydrogen-bond donors (Lipinski definition) is 1. The van der Waals surface area contributed by atoms with E-state index in [1.54, 1.807) is 7.11 Å². The van der Waals surface area contributed by atoms with Gasteiger partial charge in [-0.2, -0.15) is 0 Å². The van der Waals surface area contributed by atoms with E-state index in [9.17, 15) is 0 Å². The van der Waals surface area contributed by atoms with Crippen molar-refractivity contribution in [3.63, 3.8) is 0 Å². The number of ether oxygens (including phenoxy) is 1. The van der Waals surface area contributed by atoms with Crippen LogP contribution in [0.5, 0.6) is 0 Å². The molecule has 0 bridgehead atoms. The Morgan fingerprint density at radius 1 is 1.55 bits per heavy atom. The third-order valence-corrected chi connectivity index (χ3v) is 1.95. The Hall–Kier alpha value is -0.760.